The molecule has 3 atom stereocenters. The molecular formula is C30H32ClN3O4. The van der Waals surface area contributed by atoms with E-state index in [1.165, 1.54) is 4.90 Å². The summed E-state index contributed by atoms with van der Waals surface area (Å²) in [5.41, 5.74) is 7.47. The first-order valence-corrected chi connectivity index (χ1v) is 12.9. The highest BCUT2D eigenvalue weighted by molar-refractivity contribution is 6.32. The van der Waals surface area contributed by atoms with Gasteiger partial charge in [0.05, 0.1) is 36.6 Å². The molecule has 1 heterocycles. The van der Waals surface area contributed by atoms with Crippen LogP contribution in [0.15, 0.2) is 83.9 Å². The standard InChI is InChI=1S/C30H32ClN3O4/c1-19(2)26(25(35)18-38-17-20-10-6-4-7-11-20)28(36)30(32)29(37)34(3)24-15-14-22(31)16-23(24)27(33-30)21-12-8-5-9-13-21/h4-16,19,25-26,35H,17-18,32H2,1-3H3/t25?,26-,30-/m1/s1. The fourth-order valence-corrected chi connectivity index (χ4v) is 4.94. The van der Waals surface area contributed by atoms with Crippen molar-refractivity contribution >= 4 is 34.7 Å². The third-order valence-electron chi connectivity index (χ3n) is 6.75. The van der Waals surface area contributed by atoms with Gasteiger partial charge in [-0.1, -0.05) is 86.1 Å². The van der Waals surface area contributed by atoms with Crippen LogP contribution >= 0.6 is 11.6 Å². The Morgan fingerprint density at radius 3 is 2.34 bits per heavy atom. The number of benzodiazepines with no additional fused rings is 1. The van der Waals surface area contributed by atoms with Crippen molar-refractivity contribution in [2.45, 2.75) is 32.2 Å². The Hall–Kier alpha value is -3.36. The minimum atomic E-state index is -2.28. The molecule has 1 aliphatic heterocycles. The number of rotatable bonds is 9. The van der Waals surface area contributed by atoms with Gasteiger partial charge in [0.1, 0.15) is 0 Å². The summed E-state index contributed by atoms with van der Waals surface area (Å²) in [6, 6.07) is 23.8. The number of halogens is 1. The summed E-state index contributed by atoms with van der Waals surface area (Å²) in [6.45, 7) is 3.77. The number of hydrogen-bond donors (Lipinski definition) is 2. The van der Waals surface area contributed by atoms with Crippen LogP contribution in [0, 0.1) is 11.8 Å². The van der Waals surface area contributed by atoms with E-state index in [0.717, 1.165) is 5.56 Å². The molecule has 4 rings (SSSR count). The molecule has 0 fully saturated rings. The number of amides is 1. The monoisotopic (exact) mass is 533 g/mol. The van der Waals surface area contributed by atoms with Gasteiger partial charge in [-0.15, -0.1) is 0 Å². The van der Waals surface area contributed by atoms with Crippen LogP contribution in [-0.2, 0) is 20.9 Å². The quantitative estimate of drug-likeness (QED) is 0.400. The van der Waals surface area contributed by atoms with Gasteiger partial charge in [0, 0.05) is 23.2 Å². The zero-order valence-corrected chi connectivity index (χ0v) is 22.4. The van der Waals surface area contributed by atoms with Crippen molar-refractivity contribution in [1.29, 1.82) is 0 Å². The number of nitrogens with two attached hydrogens (primary N) is 1. The molecule has 0 saturated heterocycles. The van der Waals surface area contributed by atoms with Crippen LogP contribution in [0.3, 0.4) is 0 Å². The van der Waals surface area contributed by atoms with E-state index in [9.17, 15) is 14.7 Å². The van der Waals surface area contributed by atoms with Crippen LogP contribution in [0.1, 0.15) is 30.5 Å². The lowest BCUT2D eigenvalue weighted by Crippen LogP contribution is -2.62. The number of fused-ring (bicyclic) bond motifs is 1. The first kappa shape index (κ1) is 27.7. The maximum atomic E-state index is 14.1. The van der Waals surface area contributed by atoms with E-state index in [2.05, 4.69) is 4.99 Å². The number of nitrogens with zero attached hydrogens (tertiary/aromatic N) is 2. The highest BCUT2D eigenvalue weighted by Crippen LogP contribution is 2.34. The molecule has 3 aromatic rings. The molecule has 8 heteroatoms. The number of aliphatic imine (C=N–C) groups is 1. The Morgan fingerprint density at radius 2 is 1.71 bits per heavy atom. The van der Waals surface area contributed by atoms with Crippen molar-refractivity contribution in [3.8, 4) is 0 Å². The van der Waals surface area contributed by atoms with E-state index >= 15 is 0 Å². The first-order chi connectivity index (χ1) is 18.1. The number of carbonyl (C=O) groups is 2. The maximum absolute atomic E-state index is 14.1. The van der Waals surface area contributed by atoms with Gasteiger partial charge in [0.25, 0.3) is 5.91 Å². The first-order valence-electron chi connectivity index (χ1n) is 12.5. The van der Waals surface area contributed by atoms with Crippen molar-refractivity contribution in [3.63, 3.8) is 0 Å². The fourth-order valence-electron chi connectivity index (χ4n) is 4.77. The molecule has 0 bridgehead atoms. The Kier molecular flexibility index (Phi) is 8.43. The number of Topliss-reactive ketones (excluding diaryl/α,β-unsaturated/α-hetero) is 1. The molecule has 3 N–H and O–H groups in total. The van der Waals surface area contributed by atoms with Crippen molar-refractivity contribution < 1.29 is 19.4 Å². The average Bonchev–Trinajstić information content (AvgIpc) is 2.99. The predicted octanol–water partition coefficient (Wildman–Crippen LogP) is 4.23. The molecule has 0 saturated carbocycles. The number of hydrogen-bond acceptors (Lipinski definition) is 6. The zero-order valence-electron chi connectivity index (χ0n) is 21.7. The van der Waals surface area contributed by atoms with Gasteiger partial charge in [-0.25, -0.2) is 4.99 Å². The van der Waals surface area contributed by atoms with Crippen LogP contribution in [0.2, 0.25) is 5.02 Å². The van der Waals surface area contributed by atoms with Gasteiger partial charge >= 0.3 is 0 Å². The number of aliphatic hydroxyl groups is 1. The highest BCUT2D eigenvalue weighted by atomic mass is 35.5. The smallest absolute Gasteiger partial charge is 0.277 e. The number of ether oxygens (including phenoxy) is 1. The molecule has 198 valence electrons. The van der Waals surface area contributed by atoms with Crippen LogP contribution in [-0.4, -0.2) is 47.9 Å². The lowest BCUT2D eigenvalue weighted by molar-refractivity contribution is -0.141. The summed E-state index contributed by atoms with van der Waals surface area (Å²) in [7, 11) is 1.55. The number of aliphatic hydroxyl groups excluding tert-OH is 1. The Morgan fingerprint density at radius 1 is 1.08 bits per heavy atom. The highest BCUT2D eigenvalue weighted by Gasteiger charge is 2.51. The van der Waals surface area contributed by atoms with Crippen LogP contribution in [0.25, 0.3) is 0 Å². The summed E-state index contributed by atoms with van der Waals surface area (Å²) in [6.07, 6.45) is -1.19. The zero-order chi connectivity index (χ0) is 27.4. The molecule has 0 aromatic heterocycles. The maximum Gasteiger partial charge on any atom is 0.277 e. The molecule has 38 heavy (non-hydrogen) atoms. The molecule has 1 amide bonds. The SMILES string of the molecule is CC(C)[C@@H](C(=O)[C@@]1(N)N=C(c2ccccc2)c2cc(Cl)ccc2N(C)C1=O)C(O)COCc1ccccc1. The summed E-state index contributed by atoms with van der Waals surface area (Å²) in [5.74, 6) is -2.71. The van der Waals surface area contributed by atoms with Crippen LogP contribution < -0.4 is 10.6 Å². The molecule has 1 unspecified atom stereocenters. The van der Waals surface area contributed by atoms with E-state index in [0.29, 0.717) is 27.5 Å². The van der Waals surface area contributed by atoms with E-state index in [4.69, 9.17) is 22.1 Å². The average molecular weight is 534 g/mol. The van der Waals surface area contributed by atoms with Gasteiger partial charge in [0.2, 0.25) is 5.66 Å². The predicted molar refractivity (Wildman–Crippen MR) is 149 cm³/mol. The molecule has 0 radical (unpaired) electrons. The third-order valence-corrected chi connectivity index (χ3v) is 6.99. The fraction of sp³-hybridized carbons (Fsp3) is 0.300. The van der Waals surface area contributed by atoms with Gasteiger partial charge in [-0.05, 0) is 29.7 Å². The molecule has 7 nitrogen and oxygen atoms in total. The van der Waals surface area contributed by atoms with Crippen molar-refractivity contribution in [2.24, 2.45) is 22.6 Å². The number of anilines is 1. The van der Waals surface area contributed by atoms with Gasteiger partial charge in [0.15, 0.2) is 5.78 Å². The lowest BCUT2D eigenvalue weighted by atomic mass is 9.81. The van der Waals surface area contributed by atoms with Crippen LogP contribution in [0.4, 0.5) is 5.69 Å². The van der Waals surface area contributed by atoms with E-state index in [-0.39, 0.29) is 19.1 Å². The number of benzene rings is 3. The van der Waals surface area contributed by atoms with Crippen LogP contribution in [0.5, 0.6) is 0 Å². The third kappa shape index (κ3) is 5.56. The minimum absolute atomic E-state index is 0.102. The normalized spacial score (nSPS) is 19.0. The molecule has 0 spiro atoms. The lowest BCUT2D eigenvalue weighted by Gasteiger charge is -2.33. The number of ketones is 1. The Balaban J connectivity index is 1.72. The molecule has 0 aliphatic carbocycles. The second-order valence-electron chi connectivity index (χ2n) is 9.82. The summed E-state index contributed by atoms with van der Waals surface area (Å²) < 4.78 is 5.72. The van der Waals surface area contributed by atoms with Gasteiger partial charge in [-0.3, -0.25) is 15.3 Å². The summed E-state index contributed by atoms with van der Waals surface area (Å²) >= 11 is 6.32. The van der Waals surface area contributed by atoms with E-state index in [1.54, 1.807) is 39.1 Å². The Bertz CT molecular complexity index is 1330. The van der Waals surface area contributed by atoms with Crippen molar-refractivity contribution in [3.05, 3.63) is 101 Å². The number of carbonyl (C=O) groups excluding carboxylic acids is 2. The van der Waals surface area contributed by atoms with Gasteiger partial charge < -0.3 is 14.7 Å². The number of likely N-dealkylation sites (N-methyl/N-ethyl adjacent to an activating group) is 1. The van der Waals surface area contributed by atoms with E-state index < -0.39 is 29.4 Å². The summed E-state index contributed by atoms with van der Waals surface area (Å²) in [5, 5.41) is 11.5. The molecule has 3 aromatic carbocycles. The van der Waals surface area contributed by atoms with Crippen molar-refractivity contribution in [1.82, 2.24) is 0 Å². The largest absolute Gasteiger partial charge is 0.390 e. The summed E-state index contributed by atoms with van der Waals surface area (Å²) in [4.78, 5) is 33.9. The molecule has 1 aliphatic rings. The van der Waals surface area contributed by atoms with E-state index in [1.807, 2.05) is 60.7 Å². The second kappa shape index (κ2) is 11.6. The van der Waals surface area contributed by atoms with Crippen molar-refractivity contribution in [2.75, 3.05) is 18.6 Å². The second-order valence-corrected chi connectivity index (χ2v) is 10.3. The molecular weight excluding hydrogens is 502 g/mol. The topological polar surface area (TPSA) is 105 Å². The van der Waals surface area contributed by atoms with Gasteiger partial charge in [-0.2, -0.15) is 0 Å². The minimum Gasteiger partial charge on any atom is -0.390 e. The Labute approximate surface area is 227 Å².